The highest BCUT2D eigenvalue weighted by molar-refractivity contribution is 5.76. The van der Waals surface area contributed by atoms with Crippen LogP contribution in [0.5, 0.6) is 11.6 Å². The molecule has 2 aromatic carbocycles. The number of aromatic nitrogens is 4. The molecule has 7 nitrogen and oxygen atoms in total. The topological polar surface area (TPSA) is 79.0 Å². The van der Waals surface area contributed by atoms with Gasteiger partial charge in [-0.25, -0.2) is 9.78 Å². The van der Waals surface area contributed by atoms with Gasteiger partial charge in [-0.15, -0.1) is 0 Å². The van der Waals surface area contributed by atoms with Gasteiger partial charge in [-0.1, -0.05) is 48.5 Å². The molecule has 0 aliphatic heterocycles. The van der Waals surface area contributed by atoms with E-state index in [4.69, 9.17) is 4.74 Å². The van der Waals surface area contributed by atoms with Crippen molar-refractivity contribution in [3.8, 4) is 22.9 Å². The number of benzene rings is 2. The van der Waals surface area contributed by atoms with E-state index >= 15 is 0 Å². The summed E-state index contributed by atoms with van der Waals surface area (Å²) in [5.41, 5.74) is 0.507. The van der Waals surface area contributed by atoms with Crippen molar-refractivity contribution in [2.75, 3.05) is 0 Å². The summed E-state index contributed by atoms with van der Waals surface area (Å²) in [5, 5.41) is 0. The van der Waals surface area contributed by atoms with Gasteiger partial charge in [0.2, 0.25) is 5.88 Å². The van der Waals surface area contributed by atoms with Crippen molar-refractivity contribution in [3.63, 3.8) is 0 Å². The van der Waals surface area contributed by atoms with Crippen LogP contribution in [0, 0.1) is 0 Å². The molecule has 0 spiro atoms. The molecule has 0 radical (unpaired) electrons. The molecule has 0 saturated carbocycles. The number of nitrogens with zero attached hydrogens (tertiary/aromatic N) is 4. The average molecular weight is 360 g/mol. The lowest BCUT2D eigenvalue weighted by Crippen LogP contribution is -2.37. The van der Waals surface area contributed by atoms with Gasteiger partial charge in [0.25, 0.3) is 5.56 Å². The monoisotopic (exact) mass is 360 g/mol. The van der Waals surface area contributed by atoms with E-state index in [1.807, 2.05) is 48.5 Å². The van der Waals surface area contributed by atoms with E-state index in [2.05, 4.69) is 9.97 Å². The molecule has 4 rings (SSSR count). The van der Waals surface area contributed by atoms with Crippen LogP contribution in [0.3, 0.4) is 0 Å². The Morgan fingerprint density at radius 3 is 2.11 bits per heavy atom. The lowest BCUT2D eigenvalue weighted by molar-refractivity contribution is 0.463. The van der Waals surface area contributed by atoms with E-state index in [9.17, 15) is 9.59 Å². The maximum Gasteiger partial charge on any atom is 0.332 e. The molecule has 0 saturated heterocycles. The first-order chi connectivity index (χ1) is 13.1. The second kappa shape index (κ2) is 6.53. The SMILES string of the molecule is Cn1c(=O)c2nc(-c3ccccc3)c(Oc3ccccc3)nc2n(C)c1=O. The largest absolute Gasteiger partial charge is 0.437 e. The van der Waals surface area contributed by atoms with Gasteiger partial charge in [0.05, 0.1) is 0 Å². The minimum absolute atomic E-state index is 0.110. The number of fused-ring (bicyclic) bond motifs is 1. The second-order valence-corrected chi connectivity index (χ2v) is 6.04. The predicted molar refractivity (Wildman–Crippen MR) is 102 cm³/mol. The number of hydrogen-bond acceptors (Lipinski definition) is 5. The lowest BCUT2D eigenvalue weighted by Gasteiger charge is -2.13. The van der Waals surface area contributed by atoms with Crippen molar-refractivity contribution < 1.29 is 4.74 Å². The Morgan fingerprint density at radius 1 is 0.815 bits per heavy atom. The van der Waals surface area contributed by atoms with Crippen LogP contribution in [-0.2, 0) is 14.1 Å². The molecule has 0 fully saturated rings. The van der Waals surface area contributed by atoms with Crippen LogP contribution in [0.25, 0.3) is 22.4 Å². The Kier molecular flexibility index (Phi) is 4.04. The molecule has 0 unspecified atom stereocenters. The van der Waals surface area contributed by atoms with Gasteiger partial charge in [0.1, 0.15) is 11.4 Å². The first kappa shape index (κ1) is 16.7. The number of aryl methyl sites for hydroxylation is 1. The van der Waals surface area contributed by atoms with Crippen LogP contribution in [-0.4, -0.2) is 19.1 Å². The van der Waals surface area contributed by atoms with Gasteiger partial charge in [0.15, 0.2) is 11.2 Å². The van der Waals surface area contributed by atoms with Gasteiger partial charge in [-0.3, -0.25) is 13.9 Å². The molecular formula is C20H16N4O3. The molecular weight excluding hydrogens is 344 g/mol. The number of para-hydroxylation sites is 1. The zero-order chi connectivity index (χ0) is 19.0. The first-order valence-corrected chi connectivity index (χ1v) is 8.32. The van der Waals surface area contributed by atoms with Gasteiger partial charge < -0.3 is 4.74 Å². The minimum Gasteiger partial charge on any atom is -0.437 e. The molecule has 7 heteroatoms. The third kappa shape index (κ3) is 2.89. The maximum absolute atomic E-state index is 12.6. The quantitative estimate of drug-likeness (QED) is 0.561. The fourth-order valence-corrected chi connectivity index (χ4v) is 2.81. The Hall–Kier alpha value is -3.74. The number of ether oxygens (including phenoxy) is 1. The molecule has 0 atom stereocenters. The van der Waals surface area contributed by atoms with E-state index in [1.165, 1.54) is 11.6 Å². The summed E-state index contributed by atoms with van der Waals surface area (Å²) in [6.07, 6.45) is 0. The molecule has 0 amide bonds. The van der Waals surface area contributed by atoms with Gasteiger partial charge >= 0.3 is 5.69 Å². The van der Waals surface area contributed by atoms with Crippen LogP contribution in [0.4, 0.5) is 0 Å². The third-order valence-corrected chi connectivity index (χ3v) is 4.25. The molecule has 2 heterocycles. The Bertz CT molecular complexity index is 1250. The molecule has 0 aliphatic rings. The predicted octanol–water partition coefficient (Wildman–Crippen LogP) is 2.49. The molecule has 2 aromatic heterocycles. The fraction of sp³-hybridized carbons (Fsp3) is 0.100. The van der Waals surface area contributed by atoms with Crippen LogP contribution in [0.2, 0.25) is 0 Å². The minimum atomic E-state index is -0.496. The lowest BCUT2D eigenvalue weighted by atomic mass is 10.1. The first-order valence-electron chi connectivity index (χ1n) is 8.32. The zero-order valence-electron chi connectivity index (χ0n) is 14.8. The molecule has 0 bridgehead atoms. The normalized spacial score (nSPS) is 10.9. The molecule has 4 aromatic rings. The van der Waals surface area contributed by atoms with Crippen molar-refractivity contribution in [1.29, 1.82) is 0 Å². The summed E-state index contributed by atoms with van der Waals surface area (Å²) in [5.74, 6) is 0.806. The van der Waals surface area contributed by atoms with Crippen LogP contribution in [0.1, 0.15) is 0 Å². The van der Waals surface area contributed by atoms with Gasteiger partial charge in [-0.05, 0) is 12.1 Å². The summed E-state index contributed by atoms with van der Waals surface area (Å²) in [4.78, 5) is 33.8. The van der Waals surface area contributed by atoms with E-state index in [-0.39, 0.29) is 17.0 Å². The summed E-state index contributed by atoms with van der Waals surface area (Å²) in [6, 6.07) is 18.5. The maximum atomic E-state index is 12.6. The highest BCUT2D eigenvalue weighted by Crippen LogP contribution is 2.30. The molecule has 27 heavy (non-hydrogen) atoms. The van der Waals surface area contributed by atoms with Gasteiger partial charge in [0, 0.05) is 19.7 Å². The molecule has 0 N–H and O–H groups in total. The van der Waals surface area contributed by atoms with Crippen molar-refractivity contribution in [1.82, 2.24) is 19.1 Å². The summed E-state index contributed by atoms with van der Waals surface area (Å²) in [7, 11) is 2.97. The summed E-state index contributed by atoms with van der Waals surface area (Å²) >= 11 is 0. The van der Waals surface area contributed by atoms with Gasteiger partial charge in [-0.2, -0.15) is 4.98 Å². The van der Waals surface area contributed by atoms with E-state index in [1.54, 1.807) is 19.2 Å². The zero-order valence-corrected chi connectivity index (χ0v) is 14.8. The number of rotatable bonds is 3. The highest BCUT2D eigenvalue weighted by atomic mass is 16.5. The summed E-state index contributed by atoms with van der Waals surface area (Å²) < 4.78 is 8.24. The van der Waals surface area contributed by atoms with Crippen LogP contribution >= 0.6 is 0 Å². The van der Waals surface area contributed by atoms with Crippen molar-refractivity contribution in [2.24, 2.45) is 14.1 Å². The Balaban J connectivity index is 2.04. The van der Waals surface area contributed by atoms with Crippen molar-refractivity contribution >= 4 is 11.2 Å². The van der Waals surface area contributed by atoms with E-state index < -0.39 is 11.2 Å². The second-order valence-electron chi connectivity index (χ2n) is 6.04. The Morgan fingerprint density at radius 2 is 1.44 bits per heavy atom. The van der Waals surface area contributed by atoms with Crippen LogP contribution < -0.4 is 16.0 Å². The molecule has 0 aliphatic carbocycles. The highest BCUT2D eigenvalue weighted by Gasteiger charge is 2.18. The van der Waals surface area contributed by atoms with Crippen molar-refractivity contribution in [2.45, 2.75) is 0 Å². The van der Waals surface area contributed by atoms with E-state index in [0.717, 1.165) is 10.1 Å². The van der Waals surface area contributed by atoms with Crippen LogP contribution in [0.15, 0.2) is 70.3 Å². The summed E-state index contributed by atoms with van der Waals surface area (Å²) in [6.45, 7) is 0. The Labute approximate surface area is 154 Å². The molecule has 134 valence electrons. The smallest absolute Gasteiger partial charge is 0.332 e. The standard InChI is InChI=1S/C20H16N4O3/c1-23-17-16(19(25)24(2)20(23)26)21-15(13-9-5-3-6-10-13)18(22-17)27-14-11-7-4-8-12-14/h3-12H,1-2H3. The average Bonchev–Trinajstić information content (AvgIpc) is 2.72. The fourth-order valence-electron chi connectivity index (χ4n) is 2.81. The number of hydrogen-bond donors (Lipinski definition) is 0. The third-order valence-electron chi connectivity index (χ3n) is 4.25. The van der Waals surface area contributed by atoms with Crippen molar-refractivity contribution in [3.05, 3.63) is 81.5 Å². The van der Waals surface area contributed by atoms with E-state index in [0.29, 0.717) is 11.4 Å².